The van der Waals surface area contributed by atoms with E-state index in [2.05, 4.69) is 37.1 Å². The van der Waals surface area contributed by atoms with E-state index in [1.54, 1.807) is 0 Å². The zero-order valence-electron chi connectivity index (χ0n) is 11.2. The van der Waals surface area contributed by atoms with Gasteiger partial charge in [-0.15, -0.1) is 0 Å². The molecule has 1 aromatic rings. The molecule has 0 amide bonds. The first kappa shape index (κ1) is 12.6. The number of aromatic nitrogens is 1. The SMILES string of the molecule is CC1CC(C)(C)CCC1NCc1cccnc1. The summed E-state index contributed by atoms with van der Waals surface area (Å²) in [5, 5.41) is 3.69. The van der Waals surface area contributed by atoms with E-state index in [0.717, 1.165) is 12.5 Å². The van der Waals surface area contributed by atoms with E-state index in [-0.39, 0.29) is 0 Å². The summed E-state index contributed by atoms with van der Waals surface area (Å²) in [5.41, 5.74) is 1.82. The van der Waals surface area contributed by atoms with Gasteiger partial charge in [-0.2, -0.15) is 0 Å². The second kappa shape index (κ2) is 5.18. The van der Waals surface area contributed by atoms with Crippen molar-refractivity contribution < 1.29 is 0 Å². The van der Waals surface area contributed by atoms with Crippen LogP contribution in [-0.4, -0.2) is 11.0 Å². The number of hydrogen-bond acceptors (Lipinski definition) is 2. The van der Waals surface area contributed by atoms with Crippen molar-refractivity contribution in [3.8, 4) is 0 Å². The van der Waals surface area contributed by atoms with Gasteiger partial charge in [0, 0.05) is 25.0 Å². The zero-order chi connectivity index (χ0) is 12.3. The Morgan fingerprint density at radius 1 is 1.47 bits per heavy atom. The Hall–Kier alpha value is -0.890. The Morgan fingerprint density at radius 3 is 2.94 bits per heavy atom. The molecule has 2 unspecified atom stereocenters. The maximum absolute atomic E-state index is 4.15. The van der Waals surface area contributed by atoms with Gasteiger partial charge in [-0.25, -0.2) is 0 Å². The molecule has 2 atom stereocenters. The van der Waals surface area contributed by atoms with Crippen molar-refractivity contribution in [3.05, 3.63) is 30.1 Å². The number of rotatable bonds is 3. The lowest BCUT2D eigenvalue weighted by Crippen LogP contribution is -2.41. The van der Waals surface area contributed by atoms with Crippen LogP contribution in [0.3, 0.4) is 0 Å². The van der Waals surface area contributed by atoms with Crippen LogP contribution in [0, 0.1) is 11.3 Å². The summed E-state index contributed by atoms with van der Waals surface area (Å²) < 4.78 is 0. The quantitative estimate of drug-likeness (QED) is 0.864. The summed E-state index contributed by atoms with van der Waals surface area (Å²) in [5.74, 6) is 0.774. The van der Waals surface area contributed by atoms with Gasteiger partial charge in [0.05, 0.1) is 0 Å². The first-order chi connectivity index (χ1) is 8.07. The minimum atomic E-state index is 0.534. The van der Waals surface area contributed by atoms with E-state index in [4.69, 9.17) is 0 Å². The number of pyridine rings is 1. The molecule has 94 valence electrons. The lowest BCUT2D eigenvalue weighted by molar-refractivity contribution is 0.148. The summed E-state index contributed by atoms with van der Waals surface area (Å²) in [7, 11) is 0. The Morgan fingerprint density at radius 2 is 2.29 bits per heavy atom. The molecule has 1 fully saturated rings. The van der Waals surface area contributed by atoms with Crippen LogP contribution >= 0.6 is 0 Å². The van der Waals surface area contributed by atoms with Crippen LogP contribution in [-0.2, 0) is 6.54 Å². The molecule has 1 N–H and O–H groups in total. The maximum atomic E-state index is 4.15. The summed E-state index contributed by atoms with van der Waals surface area (Å²) in [6.45, 7) is 8.10. The molecule has 0 aliphatic heterocycles. The molecular formula is C15H24N2. The van der Waals surface area contributed by atoms with Crippen LogP contribution in [0.25, 0.3) is 0 Å². The third-order valence-electron chi connectivity index (χ3n) is 3.98. The normalized spacial score (nSPS) is 27.9. The van der Waals surface area contributed by atoms with Crippen molar-refractivity contribution in [1.82, 2.24) is 10.3 Å². The van der Waals surface area contributed by atoms with Crippen molar-refractivity contribution >= 4 is 0 Å². The highest BCUT2D eigenvalue weighted by atomic mass is 14.9. The standard InChI is InChI=1S/C15H24N2/c1-12-9-15(2,3)7-6-14(12)17-11-13-5-4-8-16-10-13/h4-5,8,10,12,14,17H,6-7,9,11H2,1-3H3. The van der Waals surface area contributed by atoms with Gasteiger partial charge >= 0.3 is 0 Å². The Balaban J connectivity index is 1.84. The minimum Gasteiger partial charge on any atom is -0.310 e. The summed E-state index contributed by atoms with van der Waals surface area (Å²) in [6, 6.07) is 4.81. The summed E-state index contributed by atoms with van der Waals surface area (Å²) >= 11 is 0. The molecule has 1 aliphatic carbocycles. The van der Waals surface area contributed by atoms with Gasteiger partial charge in [-0.05, 0) is 42.2 Å². The molecular weight excluding hydrogens is 208 g/mol. The summed E-state index contributed by atoms with van der Waals surface area (Å²) in [4.78, 5) is 4.15. The fraction of sp³-hybridized carbons (Fsp3) is 0.667. The molecule has 1 saturated carbocycles. The molecule has 1 aliphatic rings. The topological polar surface area (TPSA) is 24.9 Å². The van der Waals surface area contributed by atoms with Gasteiger partial charge in [0.25, 0.3) is 0 Å². The molecule has 0 spiro atoms. The van der Waals surface area contributed by atoms with E-state index < -0.39 is 0 Å². The highest BCUT2D eigenvalue weighted by Gasteiger charge is 2.31. The third-order valence-corrected chi connectivity index (χ3v) is 3.98. The van der Waals surface area contributed by atoms with E-state index in [0.29, 0.717) is 11.5 Å². The lowest BCUT2D eigenvalue weighted by Gasteiger charge is -2.39. The Bertz CT molecular complexity index is 345. The van der Waals surface area contributed by atoms with Gasteiger partial charge in [0.15, 0.2) is 0 Å². The van der Waals surface area contributed by atoms with Crippen LogP contribution < -0.4 is 5.32 Å². The van der Waals surface area contributed by atoms with E-state index >= 15 is 0 Å². The van der Waals surface area contributed by atoms with Crippen LogP contribution in [0.15, 0.2) is 24.5 Å². The van der Waals surface area contributed by atoms with Crippen LogP contribution in [0.4, 0.5) is 0 Å². The van der Waals surface area contributed by atoms with Gasteiger partial charge < -0.3 is 5.32 Å². The molecule has 0 radical (unpaired) electrons. The minimum absolute atomic E-state index is 0.534. The molecule has 2 rings (SSSR count). The van der Waals surface area contributed by atoms with E-state index in [9.17, 15) is 0 Å². The maximum Gasteiger partial charge on any atom is 0.0312 e. The van der Waals surface area contributed by atoms with Crippen molar-refractivity contribution in [3.63, 3.8) is 0 Å². The molecule has 17 heavy (non-hydrogen) atoms. The number of hydrogen-bond donors (Lipinski definition) is 1. The monoisotopic (exact) mass is 232 g/mol. The van der Waals surface area contributed by atoms with Gasteiger partial charge in [0.1, 0.15) is 0 Å². The van der Waals surface area contributed by atoms with Gasteiger partial charge in [0.2, 0.25) is 0 Å². The highest BCUT2D eigenvalue weighted by Crippen LogP contribution is 2.38. The second-order valence-corrected chi connectivity index (χ2v) is 6.23. The van der Waals surface area contributed by atoms with Crippen molar-refractivity contribution in [1.29, 1.82) is 0 Å². The van der Waals surface area contributed by atoms with E-state index in [1.807, 2.05) is 18.5 Å². The number of nitrogens with zero attached hydrogens (tertiary/aromatic N) is 1. The first-order valence-electron chi connectivity index (χ1n) is 6.69. The molecule has 1 heterocycles. The molecule has 0 saturated heterocycles. The average Bonchev–Trinajstić information content (AvgIpc) is 2.28. The molecule has 2 nitrogen and oxygen atoms in total. The molecule has 1 aromatic heterocycles. The smallest absolute Gasteiger partial charge is 0.0312 e. The van der Waals surface area contributed by atoms with Crippen molar-refractivity contribution in [2.75, 3.05) is 0 Å². The van der Waals surface area contributed by atoms with Gasteiger partial charge in [-0.1, -0.05) is 26.8 Å². The fourth-order valence-corrected chi connectivity index (χ4v) is 3.00. The van der Waals surface area contributed by atoms with Gasteiger partial charge in [-0.3, -0.25) is 4.98 Å². The number of nitrogens with one attached hydrogen (secondary N) is 1. The molecule has 0 aromatic carbocycles. The van der Waals surface area contributed by atoms with Crippen LogP contribution in [0.2, 0.25) is 0 Å². The third kappa shape index (κ3) is 3.53. The molecule has 2 heteroatoms. The second-order valence-electron chi connectivity index (χ2n) is 6.23. The average molecular weight is 232 g/mol. The fourth-order valence-electron chi connectivity index (χ4n) is 3.00. The largest absolute Gasteiger partial charge is 0.310 e. The van der Waals surface area contributed by atoms with Crippen molar-refractivity contribution in [2.24, 2.45) is 11.3 Å². The predicted octanol–water partition coefficient (Wildman–Crippen LogP) is 3.39. The van der Waals surface area contributed by atoms with Crippen LogP contribution in [0.5, 0.6) is 0 Å². The van der Waals surface area contributed by atoms with E-state index in [1.165, 1.54) is 24.8 Å². The Labute approximate surface area is 105 Å². The Kier molecular flexibility index (Phi) is 3.82. The van der Waals surface area contributed by atoms with Crippen LogP contribution in [0.1, 0.15) is 45.6 Å². The van der Waals surface area contributed by atoms with Crippen molar-refractivity contribution in [2.45, 2.75) is 52.6 Å². The highest BCUT2D eigenvalue weighted by molar-refractivity contribution is 5.08. The molecule has 0 bridgehead atoms. The first-order valence-corrected chi connectivity index (χ1v) is 6.69. The predicted molar refractivity (Wildman–Crippen MR) is 71.7 cm³/mol. The lowest BCUT2D eigenvalue weighted by atomic mass is 9.70. The summed E-state index contributed by atoms with van der Waals surface area (Å²) in [6.07, 6.45) is 7.74. The zero-order valence-corrected chi connectivity index (χ0v) is 11.2.